The highest BCUT2D eigenvalue weighted by Gasteiger charge is 2.01. The molecule has 0 saturated carbocycles. The van der Waals surface area contributed by atoms with E-state index in [0.717, 1.165) is 17.0 Å². The van der Waals surface area contributed by atoms with Crippen LogP contribution in [0.2, 0.25) is 0 Å². The third kappa shape index (κ3) is 5.20. The molecule has 0 aliphatic rings. The molecule has 3 nitrogen and oxygen atoms in total. The maximum atomic E-state index is 5.92. The van der Waals surface area contributed by atoms with Crippen molar-refractivity contribution in [2.45, 2.75) is 34.3 Å². The van der Waals surface area contributed by atoms with Gasteiger partial charge >= 0.3 is 0 Å². The van der Waals surface area contributed by atoms with E-state index >= 15 is 0 Å². The van der Waals surface area contributed by atoms with Crippen LogP contribution in [0.5, 0.6) is 5.75 Å². The molecule has 3 heteroatoms. The van der Waals surface area contributed by atoms with Crippen molar-refractivity contribution < 1.29 is 4.74 Å². The monoisotopic (exact) mass is 358 g/mol. The lowest BCUT2D eigenvalue weighted by Gasteiger charge is -2.10. The van der Waals surface area contributed by atoms with Gasteiger partial charge in [0.1, 0.15) is 12.4 Å². The zero-order valence-corrected chi connectivity index (χ0v) is 16.4. The van der Waals surface area contributed by atoms with Crippen LogP contribution in [0.4, 0.5) is 5.69 Å². The Morgan fingerprint density at radius 3 is 2.30 bits per heavy atom. The van der Waals surface area contributed by atoms with Crippen LogP contribution in [0.3, 0.4) is 0 Å². The van der Waals surface area contributed by atoms with Crippen molar-refractivity contribution in [1.29, 1.82) is 0 Å². The number of ether oxygens (including phenoxy) is 1. The molecule has 0 heterocycles. The van der Waals surface area contributed by atoms with Gasteiger partial charge in [0.2, 0.25) is 0 Å². The number of aryl methyl sites for hydroxylation is 4. The van der Waals surface area contributed by atoms with Gasteiger partial charge in [0, 0.05) is 0 Å². The number of hydrazone groups is 1. The van der Waals surface area contributed by atoms with Crippen molar-refractivity contribution >= 4 is 11.9 Å². The minimum Gasteiger partial charge on any atom is -0.489 e. The molecule has 3 aromatic rings. The molecule has 138 valence electrons. The molecule has 0 bridgehead atoms. The standard InChI is InChI=1S/C24H26N2O/c1-17-5-6-19(3)22(13-17)16-27-24-11-8-21(9-12-24)15-25-26-23-10-7-18(2)20(4)14-23/h5-15,26H,16H2,1-4H3. The van der Waals surface area contributed by atoms with Crippen LogP contribution in [-0.4, -0.2) is 6.21 Å². The van der Waals surface area contributed by atoms with E-state index in [1.54, 1.807) is 0 Å². The van der Waals surface area contributed by atoms with E-state index in [9.17, 15) is 0 Å². The van der Waals surface area contributed by atoms with Gasteiger partial charge in [0.25, 0.3) is 0 Å². The summed E-state index contributed by atoms with van der Waals surface area (Å²) in [6.45, 7) is 8.99. The van der Waals surface area contributed by atoms with Crippen LogP contribution in [0.15, 0.2) is 65.8 Å². The predicted octanol–water partition coefficient (Wildman–Crippen LogP) is 5.95. The Morgan fingerprint density at radius 1 is 0.815 bits per heavy atom. The van der Waals surface area contributed by atoms with Gasteiger partial charge < -0.3 is 4.74 Å². The molecule has 0 fully saturated rings. The van der Waals surface area contributed by atoms with Crippen molar-refractivity contribution in [3.63, 3.8) is 0 Å². The summed E-state index contributed by atoms with van der Waals surface area (Å²) >= 11 is 0. The summed E-state index contributed by atoms with van der Waals surface area (Å²) in [5.41, 5.74) is 11.3. The average Bonchev–Trinajstić information content (AvgIpc) is 2.66. The fraction of sp³-hybridized carbons (Fsp3) is 0.208. The lowest BCUT2D eigenvalue weighted by atomic mass is 10.1. The number of nitrogens with zero attached hydrogens (tertiary/aromatic N) is 1. The highest BCUT2D eigenvalue weighted by Crippen LogP contribution is 2.17. The van der Waals surface area contributed by atoms with Crippen molar-refractivity contribution in [2.75, 3.05) is 5.43 Å². The lowest BCUT2D eigenvalue weighted by molar-refractivity contribution is 0.305. The molecule has 0 unspecified atom stereocenters. The number of benzene rings is 3. The van der Waals surface area contributed by atoms with E-state index in [1.807, 2.05) is 36.5 Å². The molecule has 0 saturated heterocycles. The van der Waals surface area contributed by atoms with Crippen molar-refractivity contribution in [3.8, 4) is 5.75 Å². The Labute approximate surface area is 161 Å². The molecular weight excluding hydrogens is 332 g/mol. The minimum atomic E-state index is 0.579. The normalized spacial score (nSPS) is 11.0. The molecule has 0 aromatic heterocycles. The van der Waals surface area contributed by atoms with Crippen LogP contribution in [0.1, 0.15) is 33.4 Å². The third-order valence-electron chi connectivity index (χ3n) is 4.69. The average molecular weight is 358 g/mol. The van der Waals surface area contributed by atoms with Crippen LogP contribution < -0.4 is 10.2 Å². The first-order chi connectivity index (χ1) is 13.0. The summed E-state index contributed by atoms with van der Waals surface area (Å²) < 4.78 is 5.92. The van der Waals surface area contributed by atoms with Gasteiger partial charge in [0.15, 0.2) is 0 Å². The summed E-state index contributed by atoms with van der Waals surface area (Å²) in [6, 6.07) is 20.6. The maximum Gasteiger partial charge on any atom is 0.119 e. The molecule has 0 aliphatic heterocycles. The third-order valence-corrected chi connectivity index (χ3v) is 4.69. The molecule has 3 aromatic carbocycles. The van der Waals surface area contributed by atoms with E-state index in [-0.39, 0.29) is 0 Å². The summed E-state index contributed by atoms with van der Waals surface area (Å²) in [4.78, 5) is 0. The van der Waals surface area contributed by atoms with Gasteiger partial charge in [-0.1, -0.05) is 29.8 Å². The molecule has 1 N–H and O–H groups in total. The second kappa shape index (κ2) is 8.54. The van der Waals surface area contributed by atoms with Crippen molar-refractivity contribution in [2.24, 2.45) is 5.10 Å². The first-order valence-electron chi connectivity index (χ1n) is 9.16. The fourth-order valence-electron chi connectivity index (χ4n) is 2.76. The second-order valence-corrected chi connectivity index (χ2v) is 6.96. The van der Waals surface area contributed by atoms with Gasteiger partial charge in [-0.3, -0.25) is 5.43 Å². The smallest absolute Gasteiger partial charge is 0.119 e. The zero-order valence-electron chi connectivity index (χ0n) is 16.4. The SMILES string of the molecule is Cc1ccc(C)c(COc2ccc(C=NNc3ccc(C)c(C)c3)cc2)c1. The Morgan fingerprint density at radius 2 is 1.56 bits per heavy atom. The van der Waals surface area contributed by atoms with Crippen molar-refractivity contribution in [3.05, 3.63) is 94.0 Å². The molecule has 3 rings (SSSR count). The Bertz CT molecular complexity index is 943. The van der Waals surface area contributed by atoms with E-state index < -0.39 is 0 Å². The number of hydrogen-bond donors (Lipinski definition) is 1. The van der Waals surface area contributed by atoms with E-state index in [2.05, 4.69) is 68.6 Å². The first-order valence-corrected chi connectivity index (χ1v) is 9.16. The highest BCUT2D eigenvalue weighted by atomic mass is 16.5. The van der Waals surface area contributed by atoms with E-state index in [0.29, 0.717) is 6.61 Å². The highest BCUT2D eigenvalue weighted by molar-refractivity contribution is 5.80. The quantitative estimate of drug-likeness (QED) is 0.437. The Hall–Kier alpha value is -3.07. The molecule has 0 aliphatic carbocycles. The summed E-state index contributed by atoms with van der Waals surface area (Å²) in [7, 11) is 0. The van der Waals surface area contributed by atoms with Gasteiger partial charge in [-0.15, -0.1) is 0 Å². The molecule has 0 atom stereocenters. The largest absolute Gasteiger partial charge is 0.489 e. The van der Waals surface area contributed by atoms with Crippen LogP contribution in [0.25, 0.3) is 0 Å². The Balaban J connectivity index is 1.56. The number of hydrogen-bond acceptors (Lipinski definition) is 3. The molecule has 0 radical (unpaired) electrons. The number of anilines is 1. The summed E-state index contributed by atoms with van der Waals surface area (Å²) in [5, 5.41) is 4.31. The summed E-state index contributed by atoms with van der Waals surface area (Å²) in [5.74, 6) is 0.857. The maximum absolute atomic E-state index is 5.92. The predicted molar refractivity (Wildman–Crippen MR) is 114 cm³/mol. The summed E-state index contributed by atoms with van der Waals surface area (Å²) in [6.07, 6.45) is 1.81. The van der Waals surface area contributed by atoms with Crippen LogP contribution >= 0.6 is 0 Å². The Kier molecular flexibility index (Phi) is 5.92. The zero-order chi connectivity index (χ0) is 19.2. The lowest BCUT2D eigenvalue weighted by Crippen LogP contribution is -1.98. The molecule has 27 heavy (non-hydrogen) atoms. The van der Waals surface area contributed by atoms with Gasteiger partial charge in [0.05, 0.1) is 11.9 Å². The van der Waals surface area contributed by atoms with E-state index in [1.165, 1.54) is 27.8 Å². The van der Waals surface area contributed by atoms with Crippen molar-refractivity contribution in [1.82, 2.24) is 0 Å². The number of nitrogens with one attached hydrogen (secondary N) is 1. The van der Waals surface area contributed by atoms with E-state index in [4.69, 9.17) is 4.74 Å². The number of rotatable bonds is 6. The van der Waals surface area contributed by atoms with Crippen LogP contribution in [-0.2, 0) is 6.61 Å². The topological polar surface area (TPSA) is 33.6 Å². The first kappa shape index (κ1) is 18.7. The fourth-order valence-corrected chi connectivity index (χ4v) is 2.76. The molecule has 0 amide bonds. The van der Waals surface area contributed by atoms with Crippen LogP contribution in [0, 0.1) is 27.7 Å². The van der Waals surface area contributed by atoms with Gasteiger partial charge in [-0.05, 0) is 91.9 Å². The minimum absolute atomic E-state index is 0.579. The molecule has 0 spiro atoms. The second-order valence-electron chi connectivity index (χ2n) is 6.96. The molecular formula is C24H26N2O. The van der Waals surface area contributed by atoms with Gasteiger partial charge in [-0.2, -0.15) is 5.10 Å². The van der Waals surface area contributed by atoms with Gasteiger partial charge in [-0.25, -0.2) is 0 Å².